The minimum atomic E-state index is 0.114. The lowest BCUT2D eigenvalue weighted by Crippen LogP contribution is -2.39. The summed E-state index contributed by atoms with van der Waals surface area (Å²) in [6.07, 6.45) is 4.49. The Hall–Kier alpha value is -2.08. The fraction of sp³-hybridized carbons (Fsp3) is 0.619. The monoisotopic (exact) mass is 373 g/mol. The fourth-order valence-electron chi connectivity index (χ4n) is 3.15. The van der Waals surface area contributed by atoms with Gasteiger partial charge in [-0.2, -0.15) is 0 Å². The van der Waals surface area contributed by atoms with E-state index >= 15 is 0 Å². The van der Waals surface area contributed by atoms with Crippen LogP contribution in [0.1, 0.15) is 43.7 Å². The van der Waals surface area contributed by atoms with E-state index in [0.717, 1.165) is 19.0 Å². The fourth-order valence-corrected chi connectivity index (χ4v) is 3.15. The van der Waals surface area contributed by atoms with Gasteiger partial charge in [0.2, 0.25) is 5.91 Å². The van der Waals surface area contributed by atoms with Gasteiger partial charge in [0.05, 0.1) is 6.54 Å². The molecule has 0 aliphatic carbocycles. The van der Waals surface area contributed by atoms with Gasteiger partial charge < -0.3 is 15.5 Å². The van der Waals surface area contributed by atoms with E-state index in [2.05, 4.69) is 44.8 Å². The van der Waals surface area contributed by atoms with Gasteiger partial charge in [-0.25, -0.2) is 4.99 Å². The van der Waals surface area contributed by atoms with Crippen molar-refractivity contribution >= 4 is 11.9 Å². The number of amides is 1. The summed E-state index contributed by atoms with van der Waals surface area (Å²) >= 11 is 0. The Kier molecular flexibility index (Phi) is 9.11. The van der Waals surface area contributed by atoms with E-state index in [9.17, 15) is 4.79 Å². The smallest absolute Gasteiger partial charge is 0.223 e. The van der Waals surface area contributed by atoms with Crippen molar-refractivity contribution in [2.75, 3.05) is 40.3 Å². The molecule has 2 rings (SSSR count). The number of guanidine groups is 1. The quantitative estimate of drug-likeness (QED) is 0.542. The standard InChI is InChI=1S/C21H35N5O/c1-4-22-21(23-13-12-20(27)25(2)3)24-16-18-8-10-19(11-9-18)17-26-14-6-5-7-15-26/h8-11H,4-7,12-17H2,1-3H3,(H2,22,23,24). The van der Waals surface area contributed by atoms with Crippen LogP contribution in [0.25, 0.3) is 0 Å². The highest BCUT2D eigenvalue weighted by Gasteiger charge is 2.10. The predicted molar refractivity (Wildman–Crippen MR) is 112 cm³/mol. The van der Waals surface area contributed by atoms with Crippen LogP contribution in [0, 0.1) is 0 Å². The second-order valence-corrected chi connectivity index (χ2v) is 7.31. The maximum absolute atomic E-state index is 11.7. The second-order valence-electron chi connectivity index (χ2n) is 7.31. The van der Waals surface area contributed by atoms with Gasteiger partial charge in [0.25, 0.3) is 0 Å². The molecule has 1 amide bonds. The van der Waals surface area contributed by atoms with Gasteiger partial charge in [-0.1, -0.05) is 30.7 Å². The van der Waals surface area contributed by atoms with Crippen LogP contribution in [-0.4, -0.2) is 61.9 Å². The minimum Gasteiger partial charge on any atom is -0.357 e. The molecule has 1 saturated heterocycles. The Morgan fingerprint density at radius 2 is 1.74 bits per heavy atom. The van der Waals surface area contributed by atoms with Crippen molar-refractivity contribution in [3.8, 4) is 0 Å². The molecule has 150 valence electrons. The zero-order chi connectivity index (χ0) is 19.5. The zero-order valence-corrected chi connectivity index (χ0v) is 17.1. The van der Waals surface area contributed by atoms with E-state index in [1.54, 1.807) is 19.0 Å². The Labute approximate surface area is 164 Å². The number of carbonyl (C=O) groups excluding carboxylic acids is 1. The number of nitrogens with one attached hydrogen (secondary N) is 2. The van der Waals surface area contributed by atoms with E-state index in [0.29, 0.717) is 19.5 Å². The summed E-state index contributed by atoms with van der Waals surface area (Å²) in [7, 11) is 3.55. The number of benzene rings is 1. The average molecular weight is 374 g/mol. The zero-order valence-electron chi connectivity index (χ0n) is 17.1. The van der Waals surface area contributed by atoms with Gasteiger partial charge in [0.1, 0.15) is 0 Å². The predicted octanol–water partition coefficient (Wildman–Crippen LogP) is 2.21. The van der Waals surface area contributed by atoms with Crippen molar-refractivity contribution in [1.82, 2.24) is 20.4 Å². The van der Waals surface area contributed by atoms with Crippen LogP contribution in [0.5, 0.6) is 0 Å². The first-order valence-electron chi connectivity index (χ1n) is 10.1. The molecule has 0 bridgehead atoms. The van der Waals surface area contributed by atoms with Crippen LogP contribution in [-0.2, 0) is 17.9 Å². The molecule has 0 radical (unpaired) electrons. The number of likely N-dealkylation sites (tertiary alicyclic amines) is 1. The molecule has 1 aliphatic heterocycles. The van der Waals surface area contributed by atoms with Crippen molar-refractivity contribution in [1.29, 1.82) is 0 Å². The maximum atomic E-state index is 11.7. The van der Waals surface area contributed by atoms with Crippen molar-refractivity contribution < 1.29 is 4.79 Å². The number of carbonyl (C=O) groups is 1. The largest absolute Gasteiger partial charge is 0.357 e. The van der Waals surface area contributed by atoms with Crippen molar-refractivity contribution in [3.05, 3.63) is 35.4 Å². The van der Waals surface area contributed by atoms with Crippen LogP contribution in [0.3, 0.4) is 0 Å². The Morgan fingerprint density at radius 1 is 1.07 bits per heavy atom. The summed E-state index contributed by atoms with van der Waals surface area (Å²) in [5, 5.41) is 6.46. The highest BCUT2D eigenvalue weighted by atomic mass is 16.2. The van der Waals surface area contributed by atoms with E-state index in [4.69, 9.17) is 0 Å². The summed E-state index contributed by atoms with van der Waals surface area (Å²) in [5.74, 6) is 0.865. The Balaban J connectivity index is 1.82. The lowest BCUT2D eigenvalue weighted by atomic mass is 10.1. The summed E-state index contributed by atoms with van der Waals surface area (Å²) in [6.45, 7) is 7.53. The summed E-state index contributed by atoms with van der Waals surface area (Å²) < 4.78 is 0. The van der Waals surface area contributed by atoms with Gasteiger partial charge >= 0.3 is 0 Å². The van der Waals surface area contributed by atoms with Gasteiger partial charge in [-0.15, -0.1) is 0 Å². The number of rotatable bonds is 8. The molecule has 6 nitrogen and oxygen atoms in total. The molecule has 1 heterocycles. The van der Waals surface area contributed by atoms with Crippen LogP contribution in [0.15, 0.2) is 29.3 Å². The Morgan fingerprint density at radius 3 is 2.37 bits per heavy atom. The summed E-state index contributed by atoms with van der Waals surface area (Å²) in [4.78, 5) is 20.4. The maximum Gasteiger partial charge on any atom is 0.223 e. The number of aliphatic imine (C=N–C) groups is 1. The molecular weight excluding hydrogens is 338 g/mol. The Bertz CT molecular complexity index is 591. The molecule has 6 heteroatoms. The molecule has 1 aromatic carbocycles. The van der Waals surface area contributed by atoms with Gasteiger partial charge in [0, 0.05) is 40.2 Å². The van der Waals surface area contributed by atoms with Gasteiger partial charge in [0.15, 0.2) is 5.96 Å². The molecule has 1 aromatic rings. The first-order chi connectivity index (χ1) is 13.1. The van der Waals surface area contributed by atoms with Crippen LogP contribution < -0.4 is 10.6 Å². The van der Waals surface area contributed by atoms with Gasteiger partial charge in [-0.3, -0.25) is 9.69 Å². The lowest BCUT2D eigenvalue weighted by molar-refractivity contribution is -0.128. The van der Waals surface area contributed by atoms with Crippen molar-refractivity contribution in [3.63, 3.8) is 0 Å². The second kappa shape index (κ2) is 11.6. The topological polar surface area (TPSA) is 60.0 Å². The molecular formula is C21H35N5O. The van der Waals surface area contributed by atoms with E-state index in [-0.39, 0.29) is 5.91 Å². The molecule has 0 unspecified atom stereocenters. The third-order valence-corrected chi connectivity index (χ3v) is 4.77. The third kappa shape index (κ3) is 7.99. The normalized spacial score (nSPS) is 15.4. The number of nitrogens with zero attached hydrogens (tertiary/aromatic N) is 3. The van der Waals surface area contributed by atoms with Gasteiger partial charge in [-0.05, 0) is 44.0 Å². The van der Waals surface area contributed by atoms with E-state index < -0.39 is 0 Å². The molecule has 0 aromatic heterocycles. The SMILES string of the molecule is CCNC(=NCc1ccc(CN2CCCCC2)cc1)NCCC(=O)N(C)C. The first-order valence-corrected chi connectivity index (χ1v) is 10.1. The molecule has 1 aliphatic rings. The molecule has 2 N–H and O–H groups in total. The van der Waals surface area contributed by atoms with Crippen molar-refractivity contribution in [2.24, 2.45) is 4.99 Å². The first kappa shape index (κ1) is 21.2. The number of hydrogen-bond acceptors (Lipinski definition) is 3. The lowest BCUT2D eigenvalue weighted by Gasteiger charge is -2.26. The number of piperidine rings is 1. The molecule has 0 saturated carbocycles. The number of hydrogen-bond donors (Lipinski definition) is 2. The third-order valence-electron chi connectivity index (χ3n) is 4.77. The average Bonchev–Trinajstić information content (AvgIpc) is 2.68. The summed E-state index contributed by atoms with van der Waals surface area (Å²) in [5.41, 5.74) is 2.57. The minimum absolute atomic E-state index is 0.114. The molecule has 1 fully saturated rings. The highest BCUT2D eigenvalue weighted by Crippen LogP contribution is 2.14. The highest BCUT2D eigenvalue weighted by molar-refractivity contribution is 5.81. The van der Waals surface area contributed by atoms with Crippen molar-refractivity contribution in [2.45, 2.75) is 45.7 Å². The van der Waals surface area contributed by atoms with Crippen LogP contribution >= 0.6 is 0 Å². The molecule has 0 spiro atoms. The summed E-state index contributed by atoms with van der Waals surface area (Å²) in [6, 6.07) is 8.77. The van der Waals surface area contributed by atoms with E-state index in [1.807, 2.05) is 6.92 Å². The molecule has 27 heavy (non-hydrogen) atoms. The van der Waals surface area contributed by atoms with E-state index in [1.165, 1.54) is 43.5 Å². The molecule has 0 atom stereocenters. The van der Waals surface area contributed by atoms with Crippen LogP contribution in [0.2, 0.25) is 0 Å². The van der Waals surface area contributed by atoms with Crippen LogP contribution in [0.4, 0.5) is 0 Å².